The van der Waals surface area contributed by atoms with E-state index in [0.29, 0.717) is 93.8 Å². The molecule has 21 heteroatoms. The van der Waals surface area contributed by atoms with E-state index in [1.54, 1.807) is 0 Å². The van der Waals surface area contributed by atoms with E-state index in [1.165, 1.54) is 20.3 Å². The van der Waals surface area contributed by atoms with Gasteiger partial charge in [0.15, 0.2) is 5.16 Å². The van der Waals surface area contributed by atoms with Gasteiger partial charge < -0.3 is 55.0 Å². The molecule has 2 atom stereocenters. The molecule has 0 bridgehead atoms. The predicted octanol–water partition coefficient (Wildman–Crippen LogP) is 1.83. The highest BCUT2D eigenvalue weighted by Gasteiger charge is 2.35. The summed E-state index contributed by atoms with van der Waals surface area (Å²) in [4.78, 5) is 56.5. The van der Waals surface area contributed by atoms with Crippen LogP contribution in [0.2, 0.25) is 0 Å². The van der Waals surface area contributed by atoms with Crippen LogP contribution in [0.15, 0.2) is 28.8 Å². The van der Waals surface area contributed by atoms with Gasteiger partial charge in [0.1, 0.15) is 23.1 Å². The summed E-state index contributed by atoms with van der Waals surface area (Å²) in [6, 6.07) is 2.26. The van der Waals surface area contributed by atoms with Crippen LogP contribution in [0.1, 0.15) is 26.2 Å². The lowest BCUT2D eigenvalue weighted by molar-refractivity contribution is -0.145. The maximum atomic E-state index is 11.7. The molecule has 0 radical (unpaired) electrons. The van der Waals surface area contributed by atoms with Gasteiger partial charge in [0.25, 0.3) is 0 Å². The Morgan fingerprint density at radius 2 is 1.55 bits per heavy atom. The second-order valence-corrected chi connectivity index (χ2v) is 14.5. The number of hydrogen-bond donors (Lipinski definition) is 4. The molecule has 3 saturated heterocycles. The van der Waals surface area contributed by atoms with Crippen LogP contribution >= 0.6 is 23.5 Å². The fourth-order valence-corrected chi connectivity index (χ4v) is 7.64. The van der Waals surface area contributed by atoms with E-state index in [4.69, 9.17) is 34.2 Å². The van der Waals surface area contributed by atoms with E-state index in [-0.39, 0.29) is 35.4 Å². The number of fused-ring (bicyclic) bond motifs is 1. The molecule has 0 aliphatic carbocycles. The predicted molar refractivity (Wildman–Crippen MR) is 213 cm³/mol. The fraction of sp³-hybridized carbons (Fsp3) is 0.629. The molecule has 19 nitrogen and oxygen atoms in total. The Labute approximate surface area is 335 Å². The van der Waals surface area contributed by atoms with Gasteiger partial charge in [-0.2, -0.15) is 21.7 Å². The smallest absolute Gasteiger partial charge is 0.315 e. The average molecular weight is 823 g/mol. The quantitative estimate of drug-likeness (QED) is 0.0437. The Kier molecular flexibility index (Phi) is 19.5. The monoisotopic (exact) mass is 822 g/mol. The second-order valence-electron chi connectivity index (χ2n) is 12.5. The van der Waals surface area contributed by atoms with E-state index >= 15 is 0 Å². The summed E-state index contributed by atoms with van der Waals surface area (Å²) in [6.07, 6.45) is 3.40. The lowest BCUT2D eigenvalue weighted by Crippen LogP contribution is -2.48. The molecule has 5 rings (SSSR count). The SMILES string of the molecule is C=CC(=O)Nc1cc(N)nc(Sc2c(OC)nc(N3CCN(CCOCCOCCOCCOC(=O)CCCC)CC3)nc2OC)n1.O=C1NC2CSCC2N1. The Morgan fingerprint density at radius 1 is 0.946 bits per heavy atom. The van der Waals surface area contributed by atoms with Crippen molar-refractivity contribution in [2.45, 2.75) is 48.3 Å². The van der Waals surface area contributed by atoms with Crippen molar-refractivity contribution < 1.29 is 42.8 Å². The number of esters is 1. The number of nitrogens with two attached hydrogens (primary N) is 1. The van der Waals surface area contributed by atoms with Gasteiger partial charge in [-0.25, -0.2) is 14.8 Å². The van der Waals surface area contributed by atoms with Crippen LogP contribution in [0.5, 0.6) is 11.8 Å². The molecule has 5 N–H and O–H groups in total. The first-order valence-electron chi connectivity index (χ1n) is 18.5. The number of unbranched alkanes of at least 4 members (excludes halogenated alkanes) is 1. The normalized spacial score (nSPS) is 17.6. The zero-order valence-electron chi connectivity index (χ0n) is 32.3. The highest BCUT2D eigenvalue weighted by molar-refractivity contribution is 7.99. The van der Waals surface area contributed by atoms with E-state index < -0.39 is 5.91 Å². The Bertz CT molecular complexity index is 1530. The summed E-state index contributed by atoms with van der Waals surface area (Å²) in [6.45, 7) is 12.4. The molecule has 0 spiro atoms. The summed E-state index contributed by atoms with van der Waals surface area (Å²) in [5.41, 5.74) is 5.93. The molecule has 2 aromatic heterocycles. The number of thioether (sulfide) groups is 1. The number of hydrogen-bond acceptors (Lipinski definition) is 18. The molecule has 0 saturated carbocycles. The van der Waals surface area contributed by atoms with Crippen molar-refractivity contribution in [2.75, 3.05) is 121 Å². The van der Waals surface area contributed by atoms with Crippen molar-refractivity contribution in [3.63, 3.8) is 0 Å². The highest BCUT2D eigenvalue weighted by Crippen LogP contribution is 2.40. The van der Waals surface area contributed by atoms with E-state index in [9.17, 15) is 14.4 Å². The van der Waals surface area contributed by atoms with Crippen LogP contribution in [-0.2, 0) is 28.5 Å². The van der Waals surface area contributed by atoms with Crippen molar-refractivity contribution in [3.8, 4) is 11.8 Å². The third-order valence-corrected chi connectivity index (χ3v) is 10.5. The number of carbonyl (C=O) groups is 3. The van der Waals surface area contributed by atoms with Crippen molar-refractivity contribution in [3.05, 3.63) is 18.7 Å². The van der Waals surface area contributed by atoms with Crippen molar-refractivity contribution in [2.24, 2.45) is 0 Å². The highest BCUT2D eigenvalue weighted by atomic mass is 32.2. The van der Waals surface area contributed by atoms with Gasteiger partial charge in [-0.3, -0.25) is 14.5 Å². The number of aromatic nitrogens is 4. The summed E-state index contributed by atoms with van der Waals surface area (Å²) in [5.74, 6) is 3.03. The van der Waals surface area contributed by atoms with Crippen molar-refractivity contribution in [1.29, 1.82) is 0 Å². The number of urea groups is 1. The molecule has 3 aliphatic rings. The first kappa shape index (κ1) is 44.6. The summed E-state index contributed by atoms with van der Waals surface area (Å²) < 4.78 is 32.9. The largest absolute Gasteiger partial charge is 0.480 e. The molecule has 5 heterocycles. The molecular formula is C35H54N10O9S2. The van der Waals surface area contributed by atoms with Crippen molar-refractivity contribution in [1.82, 2.24) is 35.5 Å². The van der Waals surface area contributed by atoms with Crippen LogP contribution in [0, 0.1) is 0 Å². The Hall–Kier alpha value is -4.15. The standard InChI is InChI=1S/C30H46N8O8S.C5H8N2OS/c1-5-7-8-25(40)46-20-19-45-18-17-44-16-15-43-14-13-37-9-11-38(12-10-37)29-35-27(41-3)26(28(36-29)42-4)47-30-32-22(31)21-23(34-30)33-24(39)6-2;8-5-6-3-1-9-2-4(3)7-5/h6,21H,2,5,7-20H2,1,3-4H3,(H3,31,32,33,34,39);3-4H,1-2H2,(H2,6,7,8). The lowest BCUT2D eigenvalue weighted by atomic mass is 10.2. The second kappa shape index (κ2) is 24.5. The van der Waals surface area contributed by atoms with Crippen LogP contribution in [-0.4, -0.2) is 160 Å². The molecule has 310 valence electrons. The maximum Gasteiger partial charge on any atom is 0.315 e. The number of rotatable bonds is 22. The minimum absolute atomic E-state index is 0.00491. The number of methoxy groups -OCH3 is 2. The zero-order valence-corrected chi connectivity index (χ0v) is 33.9. The number of nitrogen functional groups attached to an aromatic ring is 1. The third-order valence-electron chi connectivity index (χ3n) is 8.42. The molecule has 2 aromatic rings. The number of ether oxygens (including phenoxy) is 6. The third kappa shape index (κ3) is 15.1. The molecule has 3 fully saturated rings. The van der Waals surface area contributed by atoms with Gasteiger partial charge in [-0.05, 0) is 24.3 Å². The summed E-state index contributed by atoms with van der Waals surface area (Å²) in [7, 11) is 3.03. The van der Waals surface area contributed by atoms with Gasteiger partial charge in [-0.1, -0.05) is 19.9 Å². The van der Waals surface area contributed by atoms with Crippen molar-refractivity contribution >= 4 is 59.0 Å². The van der Waals surface area contributed by atoms with E-state index in [2.05, 4.69) is 52.3 Å². The number of nitrogens with zero attached hydrogens (tertiary/aromatic N) is 6. The minimum atomic E-state index is -0.422. The fourth-order valence-electron chi connectivity index (χ4n) is 5.46. The lowest BCUT2D eigenvalue weighted by Gasteiger charge is -2.34. The van der Waals surface area contributed by atoms with Gasteiger partial charge in [0.2, 0.25) is 23.6 Å². The number of carbonyl (C=O) groups excluding carboxylic acids is 3. The number of anilines is 3. The average Bonchev–Trinajstić information content (AvgIpc) is 3.78. The zero-order chi connectivity index (χ0) is 40.1. The Morgan fingerprint density at radius 3 is 2.14 bits per heavy atom. The van der Waals surface area contributed by atoms with Gasteiger partial charge in [0.05, 0.1) is 65.9 Å². The summed E-state index contributed by atoms with van der Waals surface area (Å²) >= 11 is 3.00. The van der Waals surface area contributed by atoms with Gasteiger partial charge in [0, 0.05) is 56.7 Å². The minimum Gasteiger partial charge on any atom is -0.480 e. The van der Waals surface area contributed by atoms with Gasteiger partial charge in [-0.15, -0.1) is 0 Å². The van der Waals surface area contributed by atoms with E-state index in [1.807, 2.05) is 18.7 Å². The molecular weight excluding hydrogens is 769 g/mol. The van der Waals surface area contributed by atoms with Crippen LogP contribution in [0.25, 0.3) is 0 Å². The first-order chi connectivity index (χ1) is 27.2. The summed E-state index contributed by atoms with van der Waals surface area (Å²) in [5, 5.41) is 8.52. The molecule has 56 heavy (non-hydrogen) atoms. The topological polar surface area (TPSA) is 227 Å². The van der Waals surface area contributed by atoms with Crippen LogP contribution < -0.4 is 36.1 Å². The maximum absolute atomic E-state index is 11.7. The molecule has 2 unspecified atom stereocenters. The number of amides is 3. The Balaban J connectivity index is 0.000000668. The van der Waals surface area contributed by atoms with Crippen LogP contribution in [0.3, 0.4) is 0 Å². The molecule has 3 amide bonds. The number of nitrogens with one attached hydrogen (secondary N) is 3. The molecule has 0 aromatic carbocycles. The molecule has 3 aliphatic heterocycles. The number of piperazine rings is 1. The first-order valence-corrected chi connectivity index (χ1v) is 20.5. The van der Waals surface area contributed by atoms with E-state index in [0.717, 1.165) is 61.8 Å². The van der Waals surface area contributed by atoms with Gasteiger partial charge >= 0.3 is 12.0 Å². The van der Waals surface area contributed by atoms with Crippen LogP contribution in [0.4, 0.5) is 22.4 Å².